The third-order valence-corrected chi connectivity index (χ3v) is 3.45. The van der Waals surface area contributed by atoms with Gasteiger partial charge in [0.15, 0.2) is 0 Å². The average molecular weight is 339 g/mol. The van der Waals surface area contributed by atoms with Crippen LogP contribution in [0.25, 0.3) is 11.3 Å². The van der Waals surface area contributed by atoms with E-state index in [0.29, 0.717) is 16.8 Å². The van der Waals surface area contributed by atoms with Gasteiger partial charge in [0.2, 0.25) is 0 Å². The Morgan fingerprint density at radius 2 is 2.15 bits per heavy atom. The van der Waals surface area contributed by atoms with Crippen molar-refractivity contribution in [3.8, 4) is 11.3 Å². The summed E-state index contributed by atoms with van der Waals surface area (Å²) in [7, 11) is 0. The number of hydrogen-bond donors (Lipinski definition) is 1. The number of nitro groups is 1. The number of nitrogens with zero attached hydrogens (tertiary/aromatic N) is 1. The average Bonchev–Trinajstić information content (AvgIpc) is 2.87. The molecule has 1 N–H and O–H groups in total. The van der Waals surface area contributed by atoms with Gasteiger partial charge < -0.3 is 9.73 Å². The third-order valence-electron chi connectivity index (χ3n) is 2.82. The second kappa shape index (κ2) is 6.67. The first kappa shape index (κ1) is 14.7. The summed E-state index contributed by atoms with van der Waals surface area (Å²) >= 11 is 3.21. The monoisotopic (exact) mass is 338 g/mol. The highest BCUT2D eigenvalue weighted by molar-refractivity contribution is 9.10. The lowest BCUT2D eigenvalue weighted by Crippen LogP contribution is -2.12. The molecule has 2 aromatic rings. The van der Waals surface area contributed by atoms with Crippen molar-refractivity contribution in [1.29, 1.82) is 0 Å². The molecule has 0 saturated carbocycles. The van der Waals surface area contributed by atoms with Gasteiger partial charge in [0.1, 0.15) is 11.5 Å². The van der Waals surface area contributed by atoms with Crippen LogP contribution < -0.4 is 5.32 Å². The van der Waals surface area contributed by atoms with Crippen molar-refractivity contribution in [2.75, 3.05) is 6.54 Å². The van der Waals surface area contributed by atoms with Crippen LogP contribution in [0, 0.1) is 10.1 Å². The third kappa shape index (κ3) is 3.46. The molecular formula is C14H15BrN2O3. The molecule has 0 amide bonds. The normalized spacial score (nSPS) is 10.7. The highest BCUT2D eigenvalue weighted by atomic mass is 79.9. The molecule has 0 aliphatic heterocycles. The molecule has 20 heavy (non-hydrogen) atoms. The van der Waals surface area contributed by atoms with E-state index in [9.17, 15) is 10.1 Å². The zero-order valence-electron chi connectivity index (χ0n) is 11.1. The van der Waals surface area contributed by atoms with Gasteiger partial charge in [-0.1, -0.05) is 6.92 Å². The van der Waals surface area contributed by atoms with Crippen molar-refractivity contribution in [3.05, 3.63) is 50.7 Å². The first-order valence-electron chi connectivity index (χ1n) is 6.35. The molecule has 2 rings (SSSR count). The highest BCUT2D eigenvalue weighted by Crippen LogP contribution is 2.31. The summed E-state index contributed by atoms with van der Waals surface area (Å²) in [6.07, 6.45) is 1.07. The zero-order valence-corrected chi connectivity index (χ0v) is 12.6. The van der Waals surface area contributed by atoms with Crippen LogP contribution >= 0.6 is 15.9 Å². The second-order valence-electron chi connectivity index (χ2n) is 4.37. The summed E-state index contributed by atoms with van der Waals surface area (Å²) in [5.74, 6) is 1.55. The predicted octanol–water partition coefficient (Wildman–Crippen LogP) is 4.12. The van der Waals surface area contributed by atoms with Crippen molar-refractivity contribution in [3.63, 3.8) is 0 Å². The van der Waals surface area contributed by atoms with E-state index in [1.165, 1.54) is 6.07 Å². The van der Waals surface area contributed by atoms with Gasteiger partial charge in [-0.2, -0.15) is 0 Å². The summed E-state index contributed by atoms with van der Waals surface area (Å²) in [6.45, 7) is 3.73. The van der Waals surface area contributed by atoms with E-state index >= 15 is 0 Å². The van der Waals surface area contributed by atoms with Gasteiger partial charge in [-0.3, -0.25) is 10.1 Å². The lowest BCUT2D eigenvalue weighted by atomic mass is 10.1. The minimum atomic E-state index is -0.421. The van der Waals surface area contributed by atoms with E-state index in [0.717, 1.165) is 24.3 Å². The van der Waals surface area contributed by atoms with Crippen molar-refractivity contribution in [1.82, 2.24) is 5.32 Å². The molecule has 0 saturated heterocycles. The molecule has 0 fully saturated rings. The second-order valence-corrected chi connectivity index (χ2v) is 5.22. The quantitative estimate of drug-likeness (QED) is 0.488. The molecule has 0 aliphatic rings. The Balaban J connectivity index is 2.15. The Kier molecular flexibility index (Phi) is 4.92. The minimum Gasteiger partial charge on any atom is -0.460 e. The molecule has 0 spiro atoms. The Bertz CT molecular complexity index is 610. The number of benzene rings is 1. The van der Waals surface area contributed by atoms with Crippen molar-refractivity contribution < 1.29 is 9.34 Å². The smallest absolute Gasteiger partial charge is 0.283 e. The number of nitrogens with one attached hydrogen (secondary N) is 1. The van der Waals surface area contributed by atoms with Gasteiger partial charge in [-0.05, 0) is 53.2 Å². The SMILES string of the molecule is CCCNCc1ccc(-c2ccc([N+](=O)[O-])c(Br)c2)o1. The maximum Gasteiger partial charge on any atom is 0.283 e. The van der Waals surface area contributed by atoms with Gasteiger partial charge in [-0.15, -0.1) is 0 Å². The fourth-order valence-electron chi connectivity index (χ4n) is 1.82. The lowest BCUT2D eigenvalue weighted by Gasteiger charge is -2.01. The zero-order chi connectivity index (χ0) is 14.5. The lowest BCUT2D eigenvalue weighted by molar-refractivity contribution is -0.385. The summed E-state index contributed by atoms with van der Waals surface area (Å²) in [6, 6.07) is 8.63. The molecule has 0 atom stereocenters. The van der Waals surface area contributed by atoms with Gasteiger partial charge >= 0.3 is 0 Å². The number of furan rings is 1. The van der Waals surface area contributed by atoms with Crippen LogP contribution in [0.3, 0.4) is 0 Å². The Morgan fingerprint density at radius 3 is 2.80 bits per heavy atom. The van der Waals surface area contributed by atoms with Crippen LogP contribution in [0.5, 0.6) is 0 Å². The number of hydrogen-bond acceptors (Lipinski definition) is 4. The molecule has 1 aromatic carbocycles. The van der Waals surface area contributed by atoms with E-state index < -0.39 is 4.92 Å². The molecule has 1 aromatic heterocycles. The fourth-order valence-corrected chi connectivity index (χ4v) is 2.35. The summed E-state index contributed by atoms with van der Waals surface area (Å²) in [5, 5.41) is 14.0. The first-order valence-corrected chi connectivity index (χ1v) is 7.15. The van der Waals surface area contributed by atoms with Crippen molar-refractivity contribution >= 4 is 21.6 Å². The largest absolute Gasteiger partial charge is 0.460 e. The molecule has 6 heteroatoms. The first-order chi connectivity index (χ1) is 9.61. The van der Waals surface area contributed by atoms with Gasteiger partial charge in [0.05, 0.1) is 15.9 Å². The van der Waals surface area contributed by atoms with Crippen LogP contribution in [0.2, 0.25) is 0 Å². The van der Waals surface area contributed by atoms with Crippen LogP contribution in [-0.4, -0.2) is 11.5 Å². The van der Waals surface area contributed by atoms with Crippen LogP contribution in [-0.2, 0) is 6.54 Å². The topological polar surface area (TPSA) is 68.3 Å². The summed E-state index contributed by atoms with van der Waals surface area (Å²) < 4.78 is 6.16. The van der Waals surface area contributed by atoms with Gasteiger partial charge in [-0.25, -0.2) is 0 Å². The Morgan fingerprint density at radius 1 is 1.35 bits per heavy atom. The molecular weight excluding hydrogens is 324 g/mol. The van der Waals surface area contributed by atoms with E-state index in [2.05, 4.69) is 28.2 Å². The molecule has 0 unspecified atom stereocenters. The summed E-state index contributed by atoms with van der Waals surface area (Å²) in [4.78, 5) is 10.3. The molecule has 1 heterocycles. The maximum atomic E-state index is 10.8. The van der Waals surface area contributed by atoms with Gasteiger partial charge in [0, 0.05) is 11.6 Å². The van der Waals surface area contributed by atoms with Crippen LogP contribution in [0.4, 0.5) is 5.69 Å². The van der Waals surface area contributed by atoms with Crippen molar-refractivity contribution in [2.24, 2.45) is 0 Å². The van der Waals surface area contributed by atoms with E-state index in [4.69, 9.17) is 4.42 Å². The van der Waals surface area contributed by atoms with Crippen molar-refractivity contribution in [2.45, 2.75) is 19.9 Å². The number of rotatable bonds is 6. The highest BCUT2D eigenvalue weighted by Gasteiger charge is 2.13. The van der Waals surface area contributed by atoms with E-state index in [1.807, 2.05) is 12.1 Å². The molecule has 0 radical (unpaired) electrons. The number of halogens is 1. The van der Waals surface area contributed by atoms with Crippen LogP contribution in [0.15, 0.2) is 39.2 Å². The van der Waals surface area contributed by atoms with Gasteiger partial charge in [0.25, 0.3) is 5.69 Å². The van der Waals surface area contributed by atoms with E-state index in [-0.39, 0.29) is 5.69 Å². The Labute approximate surface area is 125 Å². The van der Waals surface area contributed by atoms with E-state index in [1.54, 1.807) is 12.1 Å². The summed E-state index contributed by atoms with van der Waals surface area (Å²) in [5.41, 5.74) is 0.856. The molecule has 5 nitrogen and oxygen atoms in total. The molecule has 106 valence electrons. The number of nitro benzene ring substituents is 1. The van der Waals surface area contributed by atoms with Crippen LogP contribution in [0.1, 0.15) is 19.1 Å². The Hall–Kier alpha value is -1.66. The standard InChI is InChI=1S/C14H15BrN2O3/c1-2-7-16-9-11-4-6-14(20-11)10-3-5-13(17(18)19)12(15)8-10/h3-6,8,16H,2,7,9H2,1H3. The molecule has 0 aliphatic carbocycles. The molecule has 0 bridgehead atoms. The predicted molar refractivity (Wildman–Crippen MR) is 80.5 cm³/mol. The minimum absolute atomic E-state index is 0.0464. The fraction of sp³-hybridized carbons (Fsp3) is 0.286. The maximum absolute atomic E-state index is 10.8.